The first-order valence-corrected chi connectivity index (χ1v) is 9.05. The lowest BCUT2D eigenvalue weighted by molar-refractivity contribution is 0.0998. The van der Waals surface area contributed by atoms with Crippen LogP contribution < -0.4 is 16.0 Å². The maximum atomic E-state index is 12.6. The molecule has 0 bridgehead atoms. The molecule has 0 unspecified atom stereocenters. The Morgan fingerprint density at radius 3 is 2.37 bits per heavy atom. The molecule has 0 spiro atoms. The fourth-order valence-electron chi connectivity index (χ4n) is 2.81. The van der Waals surface area contributed by atoms with E-state index in [1.54, 1.807) is 42.5 Å². The van der Waals surface area contributed by atoms with Crippen molar-refractivity contribution in [3.63, 3.8) is 0 Å². The van der Waals surface area contributed by atoms with E-state index in [1.807, 2.05) is 6.92 Å². The van der Waals surface area contributed by atoms with Gasteiger partial charge < -0.3 is 20.4 Å². The summed E-state index contributed by atoms with van der Waals surface area (Å²) in [6, 6.07) is 12.2. The van der Waals surface area contributed by atoms with Crippen LogP contribution in [0.25, 0.3) is 11.0 Å². The summed E-state index contributed by atoms with van der Waals surface area (Å²) in [5.74, 6) is -0.0923. The Bertz CT molecular complexity index is 1020. The second-order valence-corrected chi connectivity index (χ2v) is 7.04. The van der Waals surface area contributed by atoms with Crippen molar-refractivity contribution in [1.29, 1.82) is 0 Å². The third-order valence-corrected chi connectivity index (χ3v) is 4.65. The first-order chi connectivity index (χ1) is 13.0. The van der Waals surface area contributed by atoms with Crippen molar-refractivity contribution in [3.05, 3.63) is 58.8 Å². The van der Waals surface area contributed by atoms with Gasteiger partial charge in [-0.2, -0.15) is 0 Å². The van der Waals surface area contributed by atoms with Gasteiger partial charge in [-0.1, -0.05) is 11.6 Å². The van der Waals surface area contributed by atoms with Crippen molar-refractivity contribution in [1.82, 2.24) is 5.32 Å². The highest BCUT2D eigenvalue weighted by Crippen LogP contribution is 2.28. The van der Waals surface area contributed by atoms with Crippen LogP contribution in [-0.2, 0) is 0 Å². The van der Waals surface area contributed by atoms with E-state index in [0.717, 1.165) is 23.8 Å². The molecule has 3 N–H and O–H groups in total. The lowest BCUT2D eigenvalue weighted by Gasteiger charge is -2.08. The Morgan fingerprint density at radius 2 is 1.70 bits per heavy atom. The number of urea groups is 1. The number of halogens is 1. The van der Waals surface area contributed by atoms with E-state index in [1.165, 1.54) is 0 Å². The number of hydrogen-bond acceptors (Lipinski definition) is 3. The molecule has 27 heavy (non-hydrogen) atoms. The molecule has 1 saturated carbocycles. The molecule has 1 fully saturated rings. The Morgan fingerprint density at radius 1 is 1.04 bits per heavy atom. The highest BCUT2D eigenvalue weighted by atomic mass is 35.5. The second-order valence-electron chi connectivity index (χ2n) is 6.60. The number of benzene rings is 2. The zero-order valence-corrected chi connectivity index (χ0v) is 15.4. The molecule has 1 aliphatic carbocycles. The summed E-state index contributed by atoms with van der Waals surface area (Å²) in [5, 5.41) is 9.82. The molecule has 0 atom stereocenters. The number of rotatable bonds is 4. The average Bonchev–Trinajstić information content (AvgIpc) is 3.39. The second kappa shape index (κ2) is 6.96. The van der Waals surface area contributed by atoms with E-state index in [9.17, 15) is 9.59 Å². The molecule has 2 aromatic carbocycles. The summed E-state index contributed by atoms with van der Waals surface area (Å²) in [6.45, 7) is 1.82. The van der Waals surface area contributed by atoms with Crippen molar-refractivity contribution < 1.29 is 14.0 Å². The number of fused-ring (bicyclic) bond motifs is 1. The third-order valence-electron chi connectivity index (χ3n) is 4.42. The Labute approximate surface area is 160 Å². The van der Waals surface area contributed by atoms with Crippen LogP contribution in [-0.4, -0.2) is 18.0 Å². The number of anilines is 2. The van der Waals surface area contributed by atoms with Gasteiger partial charge in [0.1, 0.15) is 5.58 Å². The molecule has 1 heterocycles. The Kier molecular flexibility index (Phi) is 4.49. The van der Waals surface area contributed by atoms with Crippen LogP contribution in [0.15, 0.2) is 46.9 Å². The summed E-state index contributed by atoms with van der Waals surface area (Å²) in [7, 11) is 0. The molecule has 1 aliphatic rings. The van der Waals surface area contributed by atoms with Crippen molar-refractivity contribution in [2.24, 2.45) is 0 Å². The summed E-state index contributed by atoms with van der Waals surface area (Å²) >= 11 is 6.01. The van der Waals surface area contributed by atoms with Crippen molar-refractivity contribution in [3.8, 4) is 0 Å². The average molecular weight is 384 g/mol. The van der Waals surface area contributed by atoms with Crippen LogP contribution in [0, 0.1) is 6.92 Å². The number of hydrogen-bond donors (Lipinski definition) is 3. The Hall–Kier alpha value is -2.99. The van der Waals surface area contributed by atoms with E-state index in [2.05, 4.69) is 16.0 Å². The molecule has 0 radical (unpaired) electrons. The van der Waals surface area contributed by atoms with E-state index in [-0.39, 0.29) is 17.7 Å². The van der Waals surface area contributed by atoms with Crippen molar-refractivity contribution in [2.45, 2.75) is 25.8 Å². The topological polar surface area (TPSA) is 83.4 Å². The van der Waals surface area contributed by atoms with Gasteiger partial charge in [-0.25, -0.2) is 4.79 Å². The van der Waals surface area contributed by atoms with Crippen LogP contribution in [0.1, 0.15) is 29.0 Å². The number of nitrogens with one attached hydrogen (secondary N) is 3. The minimum Gasteiger partial charge on any atom is -0.451 e. The smallest absolute Gasteiger partial charge is 0.319 e. The summed E-state index contributed by atoms with van der Waals surface area (Å²) in [4.78, 5) is 24.3. The molecule has 0 saturated heterocycles. The highest BCUT2D eigenvalue weighted by Gasteiger charge is 2.23. The van der Waals surface area contributed by atoms with Crippen LogP contribution >= 0.6 is 11.6 Å². The summed E-state index contributed by atoms with van der Waals surface area (Å²) < 4.78 is 5.67. The summed E-state index contributed by atoms with van der Waals surface area (Å²) in [6.07, 6.45) is 2.07. The monoisotopic (exact) mass is 383 g/mol. The normalized spacial score (nSPS) is 13.4. The van der Waals surface area contributed by atoms with Gasteiger partial charge in [0.05, 0.1) is 0 Å². The van der Waals surface area contributed by atoms with Gasteiger partial charge in [0.15, 0.2) is 5.76 Å². The molecule has 6 nitrogen and oxygen atoms in total. The fourth-order valence-corrected chi connectivity index (χ4v) is 2.99. The lowest BCUT2D eigenvalue weighted by Crippen LogP contribution is -2.30. The van der Waals surface area contributed by atoms with Crippen molar-refractivity contribution >= 4 is 45.9 Å². The molecule has 138 valence electrons. The predicted molar refractivity (Wildman–Crippen MR) is 106 cm³/mol. The number of carbonyl (C=O) groups excluding carboxylic acids is 2. The van der Waals surface area contributed by atoms with Crippen molar-refractivity contribution in [2.75, 3.05) is 10.6 Å². The molecule has 3 aromatic rings. The van der Waals surface area contributed by atoms with Crippen LogP contribution in [0.4, 0.5) is 16.2 Å². The zero-order valence-electron chi connectivity index (χ0n) is 14.6. The van der Waals surface area contributed by atoms with E-state index < -0.39 is 0 Å². The molecule has 0 aliphatic heterocycles. The standard InChI is InChI=1S/C20H18ClN3O3/c1-11-16-10-12(21)2-9-17(16)27-18(11)19(25)22-13-3-5-14(6-4-13)23-20(26)24-15-7-8-15/h2-6,9-10,15H,7-8H2,1H3,(H,22,25)(H2,23,24,26). The maximum absolute atomic E-state index is 12.6. The predicted octanol–water partition coefficient (Wildman–Crippen LogP) is 4.93. The highest BCUT2D eigenvalue weighted by molar-refractivity contribution is 6.31. The van der Waals surface area contributed by atoms with Gasteiger partial charge in [0, 0.05) is 33.4 Å². The van der Waals surface area contributed by atoms with E-state index >= 15 is 0 Å². The molecule has 3 amide bonds. The largest absolute Gasteiger partial charge is 0.451 e. The Balaban J connectivity index is 1.44. The van der Waals surface area contributed by atoms with E-state index in [0.29, 0.717) is 28.0 Å². The quantitative estimate of drug-likeness (QED) is 0.597. The van der Waals surface area contributed by atoms with Gasteiger partial charge >= 0.3 is 6.03 Å². The van der Waals surface area contributed by atoms with Gasteiger partial charge in [0.25, 0.3) is 5.91 Å². The van der Waals surface area contributed by atoms with Crippen LogP contribution in [0.2, 0.25) is 5.02 Å². The van der Waals surface area contributed by atoms with Gasteiger partial charge in [0.2, 0.25) is 0 Å². The first kappa shape index (κ1) is 17.4. The first-order valence-electron chi connectivity index (χ1n) is 8.67. The number of carbonyl (C=O) groups is 2. The number of amides is 3. The summed E-state index contributed by atoms with van der Waals surface area (Å²) in [5.41, 5.74) is 2.61. The molecule has 7 heteroatoms. The molecular weight excluding hydrogens is 366 g/mol. The lowest BCUT2D eigenvalue weighted by atomic mass is 10.1. The minimum absolute atomic E-state index is 0.217. The van der Waals surface area contributed by atoms with Gasteiger partial charge in [-0.15, -0.1) is 0 Å². The van der Waals surface area contributed by atoms with Crippen LogP contribution in [0.5, 0.6) is 0 Å². The van der Waals surface area contributed by atoms with Gasteiger partial charge in [-0.3, -0.25) is 4.79 Å². The molecular formula is C20H18ClN3O3. The number of aryl methyl sites for hydroxylation is 1. The maximum Gasteiger partial charge on any atom is 0.319 e. The van der Waals surface area contributed by atoms with E-state index in [4.69, 9.17) is 16.0 Å². The number of furan rings is 1. The van der Waals surface area contributed by atoms with Gasteiger partial charge in [-0.05, 0) is 62.2 Å². The third kappa shape index (κ3) is 3.90. The zero-order chi connectivity index (χ0) is 19.0. The van der Waals surface area contributed by atoms with Crippen LogP contribution in [0.3, 0.4) is 0 Å². The molecule has 4 rings (SSSR count). The fraction of sp³-hybridized carbons (Fsp3) is 0.200. The molecule has 1 aromatic heterocycles. The SMILES string of the molecule is Cc1c(C(=O)Nc2ccc(NC(=O)NC3CC3)cc2)oc2ccc(Cl)cc12. The minimum atomic E-state index is -0.341.